The Morgan fingerprint density at radius 1 is 1.18 bits per heavy atom. The Balaban J connectivity index is 1.76. The highest BCUT2D eigenvalue weighted by atomic mass is 32.2. The molecule has 1 unspecified atom stereocenters. The highest BCUT2D eigenvalue weighted by Crippen LogP contribution is 2.23. The van der Waals surface area contributed by atoms with Gasteiger partial charge in [0.05, 0.1) is 12.4 Å². The second-order valence-electron chi connectivity index (χ2n) is 6.38. The smallest absolute Gasteiger partial charge is 0.223 e. The summed E-state index contributed by atoms with van der Waals surface area (Å²) in [5.74, 6) is 0.184. The minimum absolute atomic E-state index is 0.0104. The van der Waals surface area contributed by atoms with E-state index < -0.39 is 10.0 Å². The van der Waals surface area contributed by atoms with E-state index in [1.807, 2.05) is 0 Å². The summed E-state index contributed by atoms with van der Waals surface area (Å²) >= 11 is 0. The third-order valence-corrected chi connectivity index (χ3v) is 5.81. The lowest BCUT2D eigenvalue weighted by Gasteiger charge is -2.24. The molecule has 0 bridgehead atoms. The molecule has 1 amide bonds. The van der Waals surface area contributed by atoms with Gasteiger partial charge < -0.3 is 10.1 Å². The van der Waals surface area contributed by atoms with Crippen LogP contribution in [-0.2, 0) is 19.6 Å². The van der Waals surface area contributed by atoms with E-state index >= 15 is 0 Å². The van der Waals surface area contributed by atoms with Crippen molar-refractivity contribution in [2.24, 2.45) is 5.92 Å². The van der Waals surface area contributed by atoms with Gasteiger partial charge in [0.1, 0.15) is 0 Å². The second kappa shape index (κ2) is 8.26. The molecule has 1 aliphatic heterocycles. The fraction of sp³-hybridized carbons (Fsp3) is 0.933. The maximum Gasteiger partial charge on any atom is 0.223 e. The molecule has 128 valence electrons. The van der Waals surface area contributed by atoms with Gasteiger partial charge in [-0.05, 0) is 25.7 Å². The van der Waals surface area contributed by atoms with Crippen molar-refractivity contribution in [3.8, 4) is 0 Å². The Bertz CT molecular complexity index is 454. The molecule has 0 aromatic carbocycles. The molecule has 7 heteroatoms. The molecule has 0 aromatic rings. The first-order chi connectivity index (χ1) is 10.5. The number of hydrogen-bond donors (Lipinski definition) is 1. The molecule has 0 radical (unpaired) electrons. The molecule has 22 heavy (non-hydrogen) atoms. The minimum atomic E-state index is -3.27. The number of sulfonamides is 1. The maximum atomic E-state index is 12.1. The van der Waals surface area contributed by atoms with E-state index in [2.05, 4.69) is 5.32 Å². The van der Waals surface area contributed by atoms with E-state index in [4.69, 9.17) is 4.74 Å². The van der Waals surface area contributed by atoms with Gasteiger partial charge in [0, 0.05) is 32.2 Å². The van der Waals surface area contributed by atoms with Crippen molar-refractivity contribution in [1.82, 2.24) is 9.62 Å². The van der Waals surface area contributed by atoms with E-state index in [0.29, 0.717) is 26.2 Å². The molecule has 1 aliphatic carbocycles. The highest BCUT2D eigenvalue weighted by molar-refractivity contribution is 7.88. The number of ether oxygens (including phenoxy) is 1. The first-order valence-electron chi connectivity index (χ1n) is 8.31. The van der Waals surface area contributed by atoms with Crippen molar-refractivity contribution < 1.29 is 17.9 Å². The fourth-order valence-electron chi connectivity index (χ4n) is 3.22. The summed E-state index contributed by atoms with van der Waals surface area (Å²) in [6.07, 6.45) is 8.46. The number of carbonyl (C=O) groups excluding carboxylic acids is 1. The Kier molecular flexibility index (Phi) is 6.65. The van der Waals surface area contributed by atoms with Crippen LogP contribution in [-0.4, -0.2) is 57.2 Å². The van der Waals surface area contributed by atoms with Crippen molar-refractivity contribution >= 4 is 15.9 Å². The van der Waals surface area contributed by atoms with Crippen LogP contribution in [0.1, 0.15) is 44.9 Å². The Morgan fingerprint density at radius 3 is 2.50 bits per heavy atom. The second-order valence-corrected chi connectivity index (χ2v) is 8.36. The molecule has 1 heterocycles. The van der Waals surface area contributed by atoms with Gasteiger partial charge in [0.15, 0.2) is 0 Å². The fourth-order valence-corrected chi connectivity index (χ4v) is 4.08. The summed E-state index contributed by atoms with van der Waals surface area (Å²) in [4.78, 5) is 12.1. The topological polar surface area (TPSA) is 75.7 Å². The van der Waals surface area contributed by atoms with Crippen LogP contribution in [0, 0.1) is 5.92 Å². The van der Waals surface area contributed by atoms with Crippen molar-refractivity contribution in [2.75, 3.05) is 32.5 Å². The molecule has 6 nitrogen and oxygen atoms in total. The first kappa shape index (κ1) is 17.7. The number of amides is 1. The molecule has 0 aromatic heterocycles. The van der Waals surface area contributed by atoms with Crippen LogP contribution in [0.15, 0.2) is 0 Å². The molecule has 2 aliphatic rings. The number of hydrogen-bond acceptors (Lipinski definition) is 4. The Labute approximate surface area is 133 Å². The third kappa shape index (κ3) is 5.52. The zero-order valence-electron chi connectivity index (χ0n) is 13.4. The number of carbonyl (C=O) groups is 1. The molecule has 2 rings (SSSR count). The molecule has 1 N–H and O–H groups in total. The van der Waals surface area contributed by atoms with E-state index in [9.17, 15) is 13.2 Å². The normalized spacial score (nSPS) is 23.8. The maximum absolute atomic E-state index is 12.1. The van der Waals surface area contributed by atoms with Gasteiger partial charge in [0.25, 0.3) is 0 Å². The summed E-state index contributed by atoms with van der Waals surface area (Å²) in [5, 5.41) is 2.89. The average molecular weight is 332 g/mol. The summed E-state index contributed by atoms with van der Waals surface area (Å²) < 4.78 is 30.6. The van der Waals surface area contributed by atoms with Gasteiger partial charge in [-0.1, -0.05) is 19.3 Å². The molecule has 1 saturated heterocycles. The standard InChI is InChI=1S/C15H28N2O4S/c1-22(19,20)17(12-14-8-5-11-21-14)10-9-16-15(18)13-6-3-2-4-7-13/h13-14H,2-12H2,1H3,(H,16,18). The van der Waals surface area contributed by atoms with Gasteiger partial charge in [-0.15, -0.1) is 0 Å². The van der Waals surface area contributed by atoms with E-state index in [1.54, 1.807) is 0 Å². The third-order valence-electron chi connectivity index (χ3n) is 4.54. The van der Waals surface area contributed by atoms with E-state index in [0.717, 1.165) is 38.5 Å². The molecule has 1 atom stereocenters. The zero-order valence-corrected chi connectivity index (χ0v) is 14.2. The predicted octanol–water partition coefficient (Wildman–Crippen LogP) is 1.12. The zero-order chi connectivity index (χ0) is 16.0. The van der Waals surface area contributed by atoms with Crippen molar-refractivity contribution in [3.63, 3.8) is 0 Å². The molecular weight excluding hydrogens is 304 g/mol. The lowest BCUT2D eigenvalue weighted by molar-refractivity contribution is -0.125. The lowest BCUT2D eigenvalue weighted by Crippen LogP contribution is -2.43. The van der Waals surface area contributed by atoms with Crippen LogP contribution >= 0.6 is 0 Å². The largest absolute Gasteiger partial charge is 0.377 e. The van der Waals surface area contributed by atoms with Crippen molar-refractivity contribution in [2.45, 2.75) is 51.0 Å². The van der Waals surface area contributed by atoms with Gasteiger partial charge in [-0.3, -0.25) is 4.79 Å². The average Bonchev–Trinajstić information content (AvgIpc) is 2.99. The van der Waals surface area contributed by atoms with Crippen LogP contribution in [0.2, 0.25) is 0 Å². The Hall–Kier alpha value is -0.660. The molecule has 1 saturated carbocycles. The van der Waals surface area contributed by atoms with Crippen LogP contribution < -0.4 is 5.32 Å². The van der Waals surface area contributed by atoms with E-state index in [1.165, 1.54) is 17.0 Å². The van der Waals surface area contributed by atoms with Crippen LogP contribution in [0.25, 0.3) is 0 Å². The Morgan fingerprint density at radius 2 is 1.91 bits per heavy atom. The molecule has 2 fully saturated rings. The summed E-state index contributed by atoms with van der Waals surface area (Å²) in [7, 11) is -3.27. The first-order valence-corrected chi connectivity index (χ1v) is 10.2. The lowest BCUT2D eigenvalue weighted by atomic mass is 9.89. The van der Waals surface area contributed by atoms with Crippen molar-refractivity contribution in [1.29, 1.82) is 0 Å². The van der Waals surface area contributed by atoms with Crippen molar-refractivity contribution in [3.05, 3.63) is 0 Å². The van der Waals surface area contributed by atoms with Gasteiger partial charge in [-0.2, -0.15) is 4.31 Å². The van der Waals surface area contributed by atoms with Crippen LogP contribution in [0.4, 0.5) is 0 Å². The predicted molar refractivity (Wildman–Crippen MR) is 85.0 cm³/mol. The van der Waals surface area contributed by atoms with Gasteiger partial charge in [-0.25, -0.2) is 8.42 Å². The number of nitrogens with zero attached hydrogens (tertiary/aromatic N) is 1. The summed E-state index contributed by atoms with van der Waals surface area (Å²) in [6.45, 7) is 1.78. The highest BCUT2D eigenvalue weighted by Gasteiger charge is 2.25. The monoisotopic (exact) mass is 332 g/mol. The van der Waals surface area contributed by atoms with Gasteiger partial charge in [0.2, 0.25) is 15.9 Å². The summed E-state index contributed by atoms with van der Waals surface area (Å²) in [5.41, 5.74) is 0. The quantitative estimate of drug-likeness (QED) is 0.758. The van der Waals surface area contributed by atoms with E-state index in [-0.39, 0.29) is 17.9 Å². The van der Waals surface area contributed by atoms with Crippen LogP contribution in [0.3, 0.4) is 0 Å². The number of rotatable bonds is 7. The summed E-state index contributed by atoms with van der Waals surface area (Å²) in [6, 6.07) is 0. The molecule has 0 spiro atoms. The van der Waals surface area contributed by atoms with Gasteiger partial charge >= 0.3 is 0 Å². The SMILES string of the molecule is CS(=O)(=O)N(CCNC(=O)C1CCCCC1)CC1CCCO1. The minimum Gasteiger partial charge on any atom is -0.377 e. The van der Waals surface area contributed by atoms with Crippen LogP contribution in [0.5, 0.6) is 0 Å². The molecular formula is C15H28N2O4S. The number of nitrogens with one attached hydrogen (secondary N) is 1.